The van der Waals surface area contributed by atoms with Crippen LogP contribution in [-0.4, -0.2) is 80.2 Å². The molecule has 28 heavy (non-hydrogen) atoms. The van der Waals surface area contributed by atoms with Gasteiger partial charge in [0, 0.05) is 12.8 Å². The standard InChI is InChI=1S/C17H25N7O4/c25-6-12-10(23-13(27)3-9-1-2-18-5-9)4-11(26)17(28-12)24-16-14-15(20-7-19-14)21-8-22-16/h7-12,17-18,25-26H,1-6H2,(H,23,27)(H2,19,20,21,22,24)/t9-,10+,11-,12-,17-/m0/s1. The smallest absolute Gasteiger partial charge is 0.220 e. The van der Waals surface area contributed by atoms with Crippen molar-refractivity contribution in [3.05, 3.63) is 12.7 Å². The molecule has 2 aromatic rings. The van der Waals surface area contributed by atoms with Crippen molar-refractivity contribution in [2.45, 2.75) is 43.7 Å². The van der Waals surface area contributed by atoms with Gasteiger partial charge in [-0.05, 0) is 25.4 Å². The Labute approximate surface area is 161 Å². The molecule has 0 unspecified atom stereocenters. The lowest BCUT2D eigenvalue weighted by Gasteiger charge is -2.39. The number of ether oxygens (including phenoxy) is 1. The van der Waals surface area contributed by atoms with Crippen molar-refractivity contribution in [3.63, 3.8) is 0 Å². The number of imidazole rings is 1. The largest absolute Gasteiger partial charge is 0.394 e. The fourth-order valence-electron chi connectivity index (χ4n) is 3.79. The SMILES string of the molecule is O=C(C[C@@H]1CCNC1)N[C@@H]1C[C@H](O)[C@@H](Nc2ncnc3nc[nH]c23)O[C@H]1CO. The van der Waals surface area contributed by atoms with Crippen molar-refractivity contribution in [2.75, 3.05) is 25.0 Å². The molecule has 4 rings (SSSR count). The highest BCUT2D eigenvalue weighted by atomic mass is 16.5. The molecule has 2 fully saturated rings. The number of carbonyl (C=O) groups excluding carboxylic acids is 1. The number of fused-ring (bicyclic) bond motifs is 1. The van der Waals surface area contributed by atoms with Crippen molar-refractivity contribution in [3.8, 4) is 0 Å². The van der Waals surface area contributed by atoms with Crippen molar-refractivity contribution < 1.29 is 19.7 Å². The first kappa shape index (κ1) is 19.0. The molecule has 0 saturated carbocycles. The molecule has 1 amide bonds. The van der Waals surface area contributed by atoms with Crippen LogP contribution >= 0.6 is 0 Å². The zero-order valence-electron chi connectivity index (χ0n) is 15.3. The summed E-state index contributed by atoms with van der Waals surface area (Å²) < 4.78 is 5.83. The van der Waals surface area contributed by atoms with E-state index < -0.39 is 24.5 Å². The number of aromatic nitrogens is 4. The maximum Gasteiger partial charge on any atom is 0.220 e. The molecule has 0 radical (unpaired) electrons. The Morgan fingerprint density at radius 3 is 3.04 bits per heavy atom. The number of rotatable bonds is 6. The summed E-state index contributed by atoms with van der Waals surface area (Å²) in [5.41, 5.74) is 1.09. The first-order valence-corrected chi connectivity index (χ1v) is 9.49. The number of amides is 1. The molecule has 2 saturated heterocycles. The molecule has 0 spiro atoms. The van der Waals surface area contributed by atoms with Crippen molar-refractivity contribution >= 4 is 22.9 Å². The maximum atomic E-state index is 12.3. The minimum absolute atomic E-state index is 0.0886. The molecule has 11 nitrogen and oxygen atoms in total. The number of nitrogens with one attached hydrogen (secondary N) is 4. The lowest BCUT2D eigenvalue weighted by molar-refractivity contribution is -0.142. The summed E-state index contributed by atoms with van der Waals surface area (Å²) in [5, 5.41) is 29.4. The van der Waals surface area contributed by atoms with Crippen LogP contribution in [0.2, 0.25) is 0 Å². The summed E-state index contributed by atoms with van der Waals surface area (Å²) in [5.74, 6) is 0.680. The molecule has 0 aliphatic carbocycles. The van der Waals surface area contributed by atoms with E-state index in [2.05, 4.69) is 35.9 Å². The topological polar surface area (TPSA) is 157 Å². The molecule has 4 heterocycles. The number of aliphatic hydroxyl groups is 2. The highest BCUT2D eigenvalue weighted by Gasteiger charge is 2.38. The summed E-state index contributed by atoms with van der Waals surface area (Å²) >= 11 is 0. The molecule has 2 aromatic heterocycles. The molecular formula is C17H25N7O4. The molecule has 5 atom stereocenters. The second-order valence-electron chi connectivity index (χ2n) is 7.29. The molecule has 6 N–H and O–H groups in total. The Morgan fingerprint density at radius 1 is 1.36 bits per heavy atom. The average Bonchev–Trinajstić information content (AvgIpc) is 3.35. The third-order valence-corrected chi connectivity index (χ3v) is 5.28. The van der Waals surface area contributed by atoms with E-state index >= 15 is 0 Å². The molecule has 2 aliphatic rings. The number of carbonyl (C=O) groups is 1. The molecule has 11 heteroatoms. The average molecular weight is 391 g/mol. The predicted octanol–water partition coefficient (Wildman–Crippen LogP) is -1.28. The monoisotopic (exact) mass is 391 g/mol. The molecule has 2 aliphatic heterocycles. The number of aromatic amines is 1. The van der Waals surface area contributed by atoms with E-state index in [1.807, 2.05) is 0 Å². The number of H-pyrrole nitrogens is 1. The Bertz CT molecular complexity index is 810. The van der Waals surface area contributed by atoms with Crippen LogP contribution < -0.4 is 16.0 Å². The maximum absolute atomic E-state index is 12.3. The van der Waals surface area contributed by atoms with Gasteiger partial charge in [0.1, 0.15) is 24.1 Å². The van der Waals surface area contributed by atoms with Crippen LogP contribution in [0.1, 0.15) is 19.3 Å². The van der Waals surface area contributed by atoms with Crippen molar-refractivity contribution in [2.24, 2.45) is 5.92 Å². The highest BCUT2D eigenvalue weighted by Crippen LogP contribution is 2.24. The van der Waals surface area contributed by atoms with Gasteiger partial charge in [-0.25, -0.2) is 15.0 Å². The van der Waals surface area contributed by atoms with E-state index in [1.54, 1.807) is 0 Å². The van der Waals surface area contributed by atoms with Gasteiger partial charge in [0.25, 0.3) is 0 Å². The van der Waals surface area contributed by atoms with E-state index in [9.17, 15) is 15.0 Å². The zero-order chi connectivity index (χ0) is 19.5. The minimum atomic E-state index is -0.894. The normalized spacial score (nSPS) is 30.4. The van der Waals surface area contributed by atoms with Crippen LogP contribution in [-0.2, 0) is 9.53 Å². The highest BCUT2D eigenvalue weighted by molar-refractivity contribution is 5.82. The second-order valence-corrected chi connectivity index (χ2v) is 7.29. The van der Waals surface area contributed by atoms with Gasteiger partial charge in [-0.1, -0.05) is 0 Å². The quantitative estimate of drug-likeness (QED) is 0.353. The summed E-state index contributed by atoms with van der Waals surface area (Å²) in [6, 6.07) is -0.461. The van der Waals surface area contributed by atoms with E-state index in [0.29, 0.717) is 29.3 Å². The molecular weight excluding hydrogens is 366 g/mol. The van der Waals surface area contributed by atoms with Crippen molar-refractivity contribution in [1.82, 2.24) is 30.6 Å². The van der Waals surface area contributed by atoms with Gasteiger partial charge in [-0.3, -0.25) is 4.79 Å². The lowest BCUT2D eigenvalue weighted by Crippen LogP contribution is -2.57. The third-order valence-electron chi connectivity index (χ3n) is 5.28. The van der Waals surface area contributed by atoms with E-state index in [-0.39, 0.29) is 18.9 Å². The summed E-state index contributed by atoms with van der Waals surface area (Å²) in [7, 11) is 0. The number of hydrogen-bond acceptors (Lipinski definition) is 9. The van der Waals surface area contributed by atoms with E-state index in [4.69, 9.17) is 4.74 Å². The van der Waals surface area contributed by atoms with Gasteiger partial charge < -0.3 is 35.9 Å². The predicted molar refractivity (Wildman–Crippen MR) is 99.2 cm³/mol. The first-order valence-electron chi connectivity index (χ1n) is 9.49. The molecule has 152 valence electrons. The van der Waals surface area contributed by atoms with Gasteiger partial charge in [-0.2, -0.15) is 0 Å². The van der Waals surface area contributed by atoms with Crippen molar-refractivity contribution in [1.29, 1.82) is 0 Å². The van der Waals surface area contributed by atoms with Gasteiger partial charge in [0.15, 0.2) is 17.7 Å². The number of aliphatic hydroxyl groups excluding tert-OH is 2. The van der Waals surface area contributed by atoms with Gasteiger partial charge in [-0.15, -0.1) is 0 Å². The summed E-state index contributed by atoms with van der Waals surface area (Å²) in [6.07, 6.45) is 2.22. The zero-order valence-corrected chi connectivity index (χ0v) is 15.3. The Morgan fingerprint density at radius 2 is 2.25 bits per heavy atom. The fourth-order valence-corrected chi connectivity index (χ4v) is 3.79. The lowest BCUT2D eigenvalue weighted by atomic mass is 9.97. The van der Waals surface area contributed by atoms with E-state index in [0.717, 1.165) is 19.5 Å². The molecule has 0 aromatic carbocycles. The van der Waals surface area contributed by atoms with Crippen LogP contribution in [0, 0.1) is 5.92 Å². The van der Waals surface area contributed by atoms with Gasteiger partial charge >= 0.3 is 0 Å². The van der Waals surface area contributed by atoms with Gasteiger partial charge in [0.05, 0.1) is 19.0 Å². The van der Waals surface area contributed by atoms with Crippen LogP contribution in [0.3, 0.4) is 0 Å². The van der Waals surface area contributed by atoms with Crippen LogP contribution in [0.4, 0.5) is 5.82 Å². The minimum Gasteiger partial charge on any atom is -0.394 e. The summed E-state index contributed by atoms with van der Waals surface area (Å²) in [4.78, 5) is 27.5. The Hall–Kier alpha value is -2.34. The fraction of sp³-hybridized carbons (Fsp3) is 0.647. The number of anilines is 1. The number of nitrogens with zero attached hydrogens (tertiary/aromatic N) is 3. The van der Waals surface area contributed by atoms with E-state index in [1.165, 1.54) is 12.7 Å². The third kappa shape index (κ3) is 4.07. The second kappa shape index (κ2) is 8.35. The van der Waals surface area contributed by atoms with Crippen LogP contribution in [0.25, 0.3) is 11.2 Å². The Balaban J connectivity index is 1.38. The summed E-state index contributed by atoms with van der Waals surface area (Å²) in [6.45, 7) is 1.50. The molecule has 0 bridgehead atoms. The Kier molecular flexibility index (Phi) is 5.67. The van der Waals surface area contributed by atoms with Crippen LogP contribution in [0.5, 0.6) is 0 Å². The van der Waals surface area contributed by atoms with Crippen LogP contribution in [0.15, 0.2) is 12.7 Å². The first-order chi connectivity index (χ1) is 13.6. The van der Waals surface area contributed by atoms with Gasteiger partial charge in [0.2, 0.25) is 5.91 Å². The number of hydrogen-bond donors (Lipinski definition) is 6.